The van der Waals surface area contributed by atoms with Crippen molar-refractivity contribution in [2.24, 2.45) is 0 Å². The van der Waals surface area contributed by atoms with Gasteiger partial charge in [0.2, 0.25) is 0 Å². The fourth-order valence-corrected chi connectivity index (χ4v) is 10.2. The summed E-state index contributed by atoms with van der Waals surface area (Å²) in [6, 6.07) is 71.1. The predicted octanol–water partition coefficient (Wildman–Crippen LogP) is 14.7. The molecule has 0 bridgehead atoms. The number of benzene rings is 8. The minimum absolute atomic E-state index is 0.0596. The normalized spacial score (nSPS) is 11.6. The summed E-state index contributed by atoms with van der Waals surface area (Å²) >= 11 is 3.78. The Labute approximate surface area is 311 Å². The van der Waals surface area contributed by atoms with Crippen LogP contribution in [0.4, 0.5) is 17.1 Å². The van der Waals surface area contributed by atoms with Crippen molar-refractivity contribution in [2.75, 3.05) is 4.90 Å². The molecule has 10 aromatic rings. The maximum atomic E-state index is 2.47. The number of hydrogen-bond donors (Lipinski definition) is 0. The molecule has 0 aliphatic carbocycles. The Morgan fingerprint density at radius 1 is 0.365 bits per heavy atom. The molecule has 0 radical (unpaired) electrons. The molecular weight excluding hydrogens is 667 g/mol. The molecule has 2 aromatic heterocycles. The second-order valence-electron chi connectivity index (χ2n) is 13.3. The smallest absolute Gasteiger partial charge is 0.0643 e. The molecular formula is C49H33NS2. The zero-order valence-corrected chi connectivity index (χ0v) is 29.9. The molecule has 0 saturated heterocycles. The molecule has 0 saturated carbocycles. The zero-order valence-electron chi connectivity index (χ0n) is 28.3. The van der Waals surface area contributed by atoms with E-state index in [1.165, 1.54) is 73.8 Å². The van der Waals surface area contributed by atoms with Crippen molar-refractivity contribution in [3.8, 4) is 11.1 Å². The molecule has 2 heterocycles. The first-order valence-electron chi connectivity index (χ1n) is 17.7. The first kappa shape index (κ1) is 30.8. The second-order valence-corrected chi connectivity index (χ2v) is 15.4. The van der Waals surface area contributed by atoms with Crippen LogP contribution in [0.2, 0.25) is 0 Å². The zero-order chi connectivity index (χ0) is 34.4. The maximum absolute atomic E-state index is 2.47. The van der Waals surface area contributed by atoms with Gasteiger partial charge in [0.25, 0.3) is 0 Å². The molecule has 0 aliphatic heterocycles. The molecule has 0 aliphatic rings. The lowest BCUT2D eigenvalue weighted by atomic mass is 9.84. The van der Waals surface area contributed by atoms with Gasteiger partial charge in [-0.3, -0.25) is 0 Å². The summed E-state index contributed by atoms with van der Waals surface area (Å²) in [7, 11) is 0. The van der Waals surface area contributed by atoms with Gasteiger partial charge in [-0.15, -0.1) is 22.7 Å². The largest absolute Gasteiger partial charge is 0.309 e. The molecule has 0 N–H and O–H groups in total. The number of thiophene rings is 2. The van der Waals surface area contributed by atoms with Gasteiger partial charge in [0.1, 0.15) is 0 Å². The Balaban J connectivity index is 1.27. The van der Waals surface area contributed by atoms with E-state index < -0.39 is 0 Å². The average Bonchev–Trinajstić information content (AvgIpc) is 3.78. The molecule has 0 spiro atoms. The Morgan fingerprint density at radius 3 is 1.60 bits per heavy atom. The van der Waals surface area contributed by atoms with Crippen molar-refractivity contribution in [3.63, 3.8) is 0 Å². The summed E-state index contributed by atoms with van der Waals surface area (Å²) in [6.45, 7) is 0. The topological polar surface area (TPSA) is 3.24 Å². The first-order chi connectivity index (χ1) is 25.8. The van der Waals surface area contributed by atoms with Crippen molar-refractivity contribution < 1.29 is 0 Å². The monoisotopic (exact) mass is 699 g/mol. The minimum Gasteiger partial charge on any atom is -0.309 e. The number of rotatable bonds is 7. The number of para-hydroxylation sites is 2. The van der Waals surface area contributed by atoms with Crippen molar-refractivity contribution in [3.05, 3.63) is 211 Å². The third-order valence-corrected chi connectivity index (χ3v) is 12.6. The van der Waals surface area contributed by atoms with Crippen LogP contribution in [-0.2, 0) is 0 Å². The van der Waals surface area contributed by atoms with E-state index in [9.17, 15) is 0 Å². The van der Waals surface area contributed by atoms with Gasteiger partial charge in [-0.25, -0.2) is 0 Å². The molecule has 8 aromatic carbocycles. The number of fused-ring (bicyclic) bond motifs is 6. The SMILES string of the molecule is c1ccc(C(c2ccccc2)c2cc(N(c3ccccc3)c3ccccc3)c3sc4ccc(-c5cccc6c5sc5ccccc56)cc4c3c2)cc1. The molecule has 3 heteroatoms. The van der Waals surface area contributed by atoms with Crippen molar-refractivity contribution in [1.82, 2.24) is 0 Å². The average molecular weight is 700 g/mol. The highest BCUT2D eigenvalue weighted by Crippen LogP contribution is 2.49. The highest BCUT2D eigenvalue weighted by atomic mass is 32.1. The molecule has 0 unspecified atom stereocenters. The van der Waals surface area contributed by atoms with Gasteiger partial charge in [0, 0.05) is 52.9 Å². The Kier molecular flexibility index (Phi) is 7.67. The molecule has 10 rings (SSSR count). The molecule has 246 valence electrons. The van der Waals surface area contributed by atoms with E-state index in [2.05, 4.69) is 199 Å². The summed E-state index contributed by atoms with van der Waals surface area (Å²) in [4.78, 5) is 2.44. The van der Waals surface area contributed by atoms with E-state index in [1.54, 1.807) is 0 Å². The van der Waals surface area contributed by atoms with Gasteiger partial charge in [-0.2, -0.15) is 0 Å². The van der Waals surface area contributed by atoms with E-state index in [-0.39, 0.29) is 5.92 Å². The Bertz CT molecular complexity index is 2760. The predicted molar refractivity (Wildman–Crippen MR) is 226 cm³/mol. The minimum atomic E-state index is 0.0596. The lowest BCUT2D eigenvalue weighted by Gasteiger charge is -2.28. The van der Waals surface area contributed by atoms with Gasteiger partial charge >= 0.3 is 0 Å². The van der Waals surface area contributed by atoms with E-state index >= 15 is 0 Å². The van der Waals surface area contributed by atoms with Crippen LogP contribution in [0, 0.1) is 0 Å². The summed E-state index contributed by atoms with van der Waals surface area (Å²) in [5.74, 6) is 0.0596. The van der Waals surface area contributed by atoms with Crippen LogP contribution in [0.3, 0.4) is 0 Å². The van der Waals surface area contributed by atoms with Gasteiger partial charge in [0.05, 0.1) is 10.4 Å². The van der Waals surface area contributed by atoms with Crippen LogP contribution >= 0.6 is 22.7 Å². The summed E-state index contributed by atoms with van der Waals surface area (Å²) in [6.07, 6.45) is 0. The van der Waals surface area contributed by atoms with Gasteiger partial charge < -0.3 is 4.90 Å². The number of nitrogens with zero attached hydrogens (tertiary/aromatic N) is 1. The Hall–Kier alpha value is -6.00. The molecule has 52 heavy (non-hydrogen) atoms. The highest BCUT2D eigenvalue weighted by Gasteiger charge is 2.24. The van der Waals surface area contributed by atoms with Crippen LogP contribution in [0.15, 0.2) is 194 Å². The summed E-state index contributed by atoms with van der Waals surface area (Å²) in [5, 5.41) is 5.23. The van der Waals surface area contributed by atoms with E-state index in [0.29, 0.717) is 0 Å². The summed E-state index contributed by atoms with van der Waals surface area (Å²) in [5.41, 5.74) is 9.84. The highest BCUT2D eigenvalue weighted by molar-refractivity contribution is 7.27. The number of hydrogen-bond acceptors (Lipinski definition) is 3. The quantitative estimate of drug-likeness (QED) is 0.150. The van der Waals surface area contributed by atoms with Gasteiger partial charge in [-0.1, -0.05) is 140 Å². The molecule has 0 fully saturated rings. The molecule has 0 amide bonds. The van der Waals surface area contributed by atoms with Crippen LogP contribution in [0.1, 0.15) is 22.6 Å². The van der Waals surface area contributed by atoms with Crippen molar-refractivity contribution >= 4 is 80.1 Å². The lowest BCUT2D eigenvalue weighted by molar-refractivity contribution is 0.980. The number of anilines is 3. The van der Waals surface area contributed by atoms with Crippen LogP contribution in [-0.4, -0.2) is 0 Å². The van der Waals surface area contributed by atoms with Crippen LogP contribution < -0.4 is 4.90 Å². The van der Waals surface area contributed by atoms with Crippen LogP contribution in [0.25, 0.3) is 51.5 Å². The maximum Gasteiger partial charge on any atom is 0.0643 e. The summed E-state index contributed by atoms with van der Waals surface area (Å²) < 4.78 is 5.24. The lowest BCUT2D eigenvalue weighted by Crippen LogP contribution is -2.11. The molecule has 0 atom stereocenters. The third-order valence-electron chi connectivity index (χ3n) is 10.2. The van der Waals surface area contributed by atoms with Crippen molar-refractivity contribution in [2.45, 2.75) is 5.92 Å². The third kappa shape index (κ3) is 5.29. The van der Waals surface area contributed by atoms with Gasteiger partial charge in [-0.05, 0) is 82.4 Å². The van der Waals surface area contributed by atoms with E-state index in [0.717, 1.165) is 11.4 Å². The van der Waals surface area contributed by atoms with E-state index in [4.69, 9.17) is 0 Å². The van der Waals surface area contributed by atoms with Crippen molar-refractivity contribution in [1.29, 1.82) is 0 Å². The molecule has 1 nitrogen and oxygen atoms in total. The second kappa shape index (κ2) is 13.0. The Morgan fingerprint density at radius 2 is 0.923 bits per heavy atom. The van der Waals surface area contributed by atoms with Gasteiger partial charge in [0.15, 0.2) is 0 Å². The first-order valence-corrected chi connectivity index (χ1v) is 19.3. The standard InChI is InChI=1S/C49H33NS2/c1-5-16-33(17-6-1)47(34-18-7-2-8-19-34)36-31-43-42-30-35(39-25-15-26-41-40-24-13-14-27-45(40)51-48(39)41)28-29-46(42)52-49(43)44(32-36)50(37-20-9-3-10-21-37)38-22-11-4-12-23-38/h1-32,47H. The fourth-order valence-electron chi connectivity index (χ4n) is 7.81. The van der Waals surface area contributed by atoms with Crippen LogP contribution in [0.5, 0.6) is 0 Å². The fraction of sp³-hybridized carbons (Fsp3) is 0.0204. The van der Waals surface area contributed by atoms with E-state index in [1.807, 2.05) is 22.7 Å².